The Morgan fingerprint density at radius 3 is 2.37 bits per heavy atom. The predicted octanol–water partition coefficient (Wildman–Crippen LogP) is 5.83. The van der Waals surface area contributed by atoms with Crippen molar-refractivity contribution >= 4 is 28.5 Å². The second-order valence-electron chi connectivity index (χ2n) is 8.65. The van der Waals surface area contributed by atoms with Crippen molar-refractivity contribution in [2.45, 2.75) is 26.4 Å². The first-order valence-corrected chi connectivity index (χ1v) is 11.6. The first-order chi connectivity index (χ1) is 16.8. The van der Waals surface area contributed by atoms with Gasteiger partial charge in [0.2, 0.25) is 5.76 Å². The van der Waals surface area contributed by atoms with Crippen LogP contribution in [-0.4, -0.2) is 25.0 Å². The minimum absolute atomic E-state index is 0.0533. The number of nitrogens with zero attached hydrogens (tertiary/aromatic N) is 1. The summed E-state index contributed by atoms with van der Waals surface area (Å²) in [6.45, 7) is 4.09. The number of hydrogen-bond donors (Lipinski definition) is 0. The molecule has 0 saturated heterocycles. The lowest BCUT2D eigenvalue weighted by Gasteiger charge is -2.26. The molecule has 1 amide bonds. The molecule has 6 nitrogen and oxygen atoms in total. The number of carbonyl (C=O) groups excluding carboxylic acids is 1. The van der Waals surface area contributed by atoms with Crippen LogP contribution in [0.5, 0.6) is 11.5 Å². The standard InChI is InChI=1S/C28H24ClNO5/c1-15-11-19-22(12-16(15)2)35-27-24(26(19)31)25(17-9-10-21(33-3)23(13-17)34-4)30(28(27)32)14-18-7-5-6-8-20(18)29/h5-13,25H,14H2,1-4H3/t25-/m1/s1. The van der Waals surface area contributed by atoms with Crippen molar-refractivity contribution in [3.8, 4) is 11.5 Å². The van der Waals surface area contributed by atoms with Gasteiger partial charge in [-0.2, -0.15) is 0 Å². The Hall–Kier alpha value is -3.77. The third-order valence-corrected chi connectivity index (χ3v) is 6.97. The smallest absolute Gasteiger partial charge is 0.291 e. The minimum Gasteiger partial charge on any atom is -0.493 e. The van der Waals surface area contributed by atoms with Crippen LogP contribution in [0.15, 0.2) is 63.8 Å². The molecule has 0 saturated carbocycles. The maximum absolute atomic E-state index is 13.8. The topological polar surface area (TPSA) is 69.0 Å². The van der Waals surface area contributed by atoms with Crippen LogP contribution in [0.4, 0.5) is 0 Å². The Labute approximate surface area is 207 Å². The van der Waals surface area contributed by atoms with Crippen LogP contribution in [0, 0.1) is 13.8 Å². The van der Waals surface area contributed by atoms with Crippen LogP contribution in [0.25, 0.3) is 11.0 Å². The Bertz CT molecular complexity index is 1540. The molecule has 35 heavy (non-hydrogen) atoms. The first kappa shape index (κ1) is 23.0. The van der Waals surface area contributed by atoms with Crippen LogP contribution in [0.1, 0.15) is 44.4 Å². The number of ether oxygens (including phenoxy) is 2. The molecule has 2 heterocycles. The molecular weight excluding hydrogens is 466 g/mol. The molecule has 0 aliphatic carbocycles. The average Bonchev–Trinajstić information content (AvgIpc) is 3.13. The van der Waals surface area contributed by atoms with Gasteiger partial charge in [-0.1, -0.05) is 35.9 Å². The summed E-state index contributed by atoms with van der Waals surface area (Å²) in [6, 6.07) is 15.7. The van der Waals surface area contributed by atoms with E-state index in [-0.39, 0.29) is 23.6 Å². The highest BCUT2D eigenvalue weighted by molar-refractivity contribution is 6.31. The monoisotopic (exact) mass is 489 g/mol. The molecule has 1 aliphatic heterocycles. The second-order valence-corrected chi connectivity index (χ2v) is 9.06. The summed E-state index contributed by atoms with van der Waals surface area (Å²) in [5.41, 5.74) is 3.92. The van der Waals surface area contributed by atoms with Gasteiger partial charge in [0.15, 0.2) is 16.9 Å². The van der Waals surface area contributed by atoms with Crippen molar-refractivity contribution < 1.29 is 18.7 Å². The molecule has 0 bridgehead atoms. The molecule has 178 valence electrons. The van der Waals surface area contributed by atoms with Gasteiger partial charge < -0.3 is 18.8 Å². The van der Waals surface area contributed by atoms with E-state index in [1.807, 2.05) is 50.2 Å². The molecule has 0 spiro atoms. The third-order valence-electron chi connectivity index (χ3n) is 6.60. The highest BCUT2D eigenvalue weighted by atomic mass is 35.5. The number of methoxy groups -OCH3 is 2. The van der Waals surface area contributed by atoms with E-state index >= 15 is 0 Å². The van der Waals surface area contributed by atoms with Crippen molar-refractivity contribution in [3.63, 3.8) is 0 Å². The molecule has 1 atom stereocenters. The van der Waals surface area contributed by atoms with E-state index < -0.39 is 6.04 Å². The van der Waals surface area contributed by atoms with E-state index in [0.717, 1.165) is 16.7 Å². The van der Waals surface area contributed by atoms with Crippen LogP contribution in [-0.2, 0) is 6.54 Å². The van der Waals surface area contributed by atoms with E-state index in [9.17, 15) is 9.59 Å². The van der Waals surface area contributed by atoms with E-state index in [2.05, 4.69) is 0 Å². The summed E-state index contributed by atoms with van der Waals surface area (Å²) in [7, 11) is 3.10. The van der Waals surface area contributed by atoms with Crippen LogP contribution in [0.3, 0.4) is 0 Å². The summed E-state index contributed by atoms with van der Waals surface area (Å²) in [5.74, 6) is 0.741. The van der Waals surface area contributed by atoms with Crippen molar-refractivity contribution in [1.29, 1.82) is 0 Å². The molecule has 4 aromatic rings. The first-order valence-electron chi connectivity index (χ1n) is 11.2. The van der Waals surface area contributed by atoms with E-state index in [0.29, 0.717) is 38.6 Å². The maximum Gasteiger partial charge on any atom is 0.291 e. The van der Waals surface area contributed by atoms with Crippen molar-refractivity contribution in [1.82, 2.24) is 4.90 Å². The zero-order valence-corrected chi connectivity index (χ0v) is 20.6. The van der Waals surface area contributed by atoms with Gasteiger partial charge in [-0.05, 0) is 66.4 Å². The number of rotatable bonds is 5. The van der Waals surface area contributed by atoms with Gasteiger partial charge in [0.1, 0.15) is 5.58 Å². The largest absolute Gasteiger partial charge is 0.493 e. The number of amides is 1. The molecule has 0 fully saturated rings. The lowest BCUT2D eigenvalue weighted by molar-refractivity contribution is 0.0714. The van der Waals surface area contributed by atoms with Crippen molar-refractivity contribution in [2.24, 2.45) is 0 Å². The number of fused-ring (bicyclic) bond motifs is 2. The van der Waals surface area contributed by atoms with Gasteiger partial charge in [-0.25, -0.2) is 0 Å². The van der Waals surface area contributed by atoms with Crippen LogP contribution >= 0.6 is 11.6 Å². The van der Waals surface area contributed by atoms with E-state index in [4.69, 9.17) is 25.5 Å². The van der Waals surface area contributed by atoms with Gasteiger partial charge in [0.25, 0.3) is 5.91 Å². The van der Waals surface area contributed by atoms with E-state index in [1.54, 1.807) is 37.3 Å². The molecule has 5 rings (SSSR count). The fraction of sp³-hybridized carbons (Fsp3) is 0.214. The van der Waals surface area contributed by atoms with Gasteiger partial charge in [0, 0.05) is 11.6 Å². The highest BCUT2D eigenvalue weighted by Crippen LogP contribution is 2.42. The fourth-order valence-corrected chi connectivity index (χ4v) is 4.81. The van der Waals surface area contributed by atoms with Crippen LogP contribution < -0.4 is 14.9 Å². The Balaban J connectivity index is 1.76. The van der Waals surface area contributed by atoms with Crippen LogP contribution in [0.2, 0.25) is 5.02 Å². The molecule has 0 radical (unpaired) electrons. The number of aryl methyl sites for hydroxylation is 2. The molecule has 1 aromatic heterocycles. The number of hydrogen-bond acceptors (Lipinski definition) is 5. The summed E-state index contributed by atoms with van der Waals surface area (Å²) < 4.78 is 17.0. The quantitative estimate of drug-likeness (QED) is 0.353. The second kappa shape index (κ2) is 8.78. The molecule has 7 heteroatoms. The van der Waals surface area contributed by atoms with Gasteiger partial charge in [-0.3, -0.25) is 9.59 Å². The summed E-state index contributed by atoms with van der Waals surface area (Å²) in [6.07, 6.45) is 0. The predicted molar refractivity (Wildman–Crippen MR) is 135 cm³/mol. The summed E-state index contributed by atoms with van der Waals surface area (Å²) in [4.78, 5) is 29.2. The number of halogens is 1. The summed E-state index contributed by atoms with van der Waals surface area (Å²) >= 11 is 6.43. The molecule has 0 unspecified atom stereocenters. The van der Waals surface area contributed by atoms with E-state index in [1.165, 1.54) is 0 Å². The van der Waals surface area contributed by atoms with Crippen molar-refractivity contribution in [2.75, 3.05) is 14.2 Å². The SMILES string of the molecule is COc1ccc([C@@H]2c3c(oc4cc(C)c(C)cc4c3=O)C(=O)N2Cc2ccccc2Cl)cc1OC. The summed E-state index contributed by atoms with van der Waals surface area (Å²) in [5, 5.41) is 0.989. The zero-order valence-electron chi connectivity index (χ0n) is 19.8. The average molecular weight is 490 g/mol. The lowest BCUT2D eigenvalue weighted by Crippen LogP contribution is -2.29. The zero-order chi connectivity index (χ0) is 24.9. The third kappa shape index (κ3) is 3.74. The fourth-order valence-electron chi connectivity index (χ4n) is 4.62. The number of carbonyl (C=O) groups is 1. The minimum atomic E-state index is -0.684. The van der Waals surface area contributed by atoms with Gasteiger partial charge >= 0.3 is 0 Å². The van der Waals surface area contributed by atoms with Gasteiger partial charge in [0.05, 0.1) is 31.2 Å². The molecule has 0 N–H and O–H groups in total. The number of benzene rings is 3. The Kier molecular flexibility index (Phi) is 5.77. The highest BCUT2D eigenvalue weighted by Gasteiger charge is 2.43. The molecule has 3 aromatic carbocycles. The lowest BCUT2D eigenvalue weighted by atomic mass is 9.97. The Morgan fingerprint density at radius 1 is 0.943 bits per heavy atom. The Morgan fingerprint density at radius 2 is 1.66 bits per heavy atom. The maximum atomic E-state index is 13.8. The van der Waals surface area contributed by atoms with Crippen molar-refractivity contribution in [3.05, 3.63) is 103 Å². The molecular formula is C28H24ClNO5. The normalized spacial score (nSPS) is 14.9. The molecule has 1 aliphatic rings. The van der Waals surface area contributed by atoms with Gasteiger partial charge in [-0.15, -0.1) is 0 Å².